The number of ketones is 1. The Morgan fingerprint density at radius 2 is 1.86 bits per heavy atom. The Balaban J connectivity index is 1.63. The maximum atomic E-state index is 12.5. The number of carbonyl (C=O) groups is 2. The summed E-state index contributed by atoms with van der Waals surface area (Å²) in [6.45, 7) is 3.74. The SMILES string of the molecule is CC(=O)c1ccccc1NC(=O)CN(C)[C@@H](C)c1ccc(-n2cncn2)cc1. The van der Waals surface area contributed by atoms with Gasteiger partial charge in [0.15, 0.2) is 5.78 Å². The van der Waals surface area contributed by atoms with Gasteiger partial charge >= 0.3 is 0 Å². The number of carbonyl (C=O) groups excluding carboxylic acids is 2. The maximum Gasteiger partial charge on any atom is 0.238 e. The molecule has 3 aromatic rings. The highest BCUT2D eigenvalue weighted by atomic mass is 16.2. The fraction of sp³-hybridized carbons (Fsp3) is 0.238. The molecule has 2 aromatic carbocycles. The van der Waals surface area contributed by atoms with Crippen LogP contribution in [-0.2, 0) is 4.79 Å². The molecule has 0 radical (unpaired) electrons. The van der Waals surface area contributed by atoms with E-state index in [1.807, 2.05) is 43.1 Å². The molecule has 0 aliphatic carbocycles. The van der Waals surface area contributed by atoms with Crippen molar-refractivity contribution in [2.75, 3.05) is 18.9 Å². The minimum Gasteiger partial charge on any atom is -0.324 e. The number of para-hydroxylation sites is 1. The molecule has 0 spiro atoms. The Hall–Kier alpha value is -3.32. The van der Waals surface area contributed by atoms with E-state index in [1.165, 1.54) is 13.3 Å². The van der Waals surface area contributed by atoms with E-state index >= 15 is 0 Å². The number of amides is 1. The molecule has 1 aromatic heterocycles. The van der Waals surface area contributed by atoms with E-state index in [2.05, 4.69) is 15.4 Å². The summed E-state index contributed by atoms with van der Waals surface area (Å²) in [7, 11) is 1.90. The van der Waals surface area contributed by atoms with Crippen LogP contribution in [0.1, 0.15) is 35.8 Å². The number of benzene rings is 2. The smallest absolute Gasteiger partial charge is 0.238 e. The summed E-state index contributed by atoms with van der Waals surface area (Å²) >= 11 is 0. The van der Waals surface area contributed by atoms with E-state index in [1.54, 1.807) is 35.3 Å². The van der Waals surface area contributed by atoms with E-state index in [0.717, 1.165) is 11.3 Å². The topological polar surface area (TPSA) is 80.1 Å². The molecule has 7 heteroatoms. The molecule has 144 valence electrons. The lowest BCUT2D eigenvalue weighted by Crippen LogP contribution is -2.32. The second-order valence-corrected chi connectivity index (χ2v) is 6.67. The molecule has 0 bridgehead atoms. The molecule has 1 atom stereocenters. The van der Waals surface area contributed by atoms with Gasteiger partial charge in [-0.15, -0.1) is 0 Å². The van der Waals surface area contributed by atoms with Crippen molar-refractivity contribution < 1.29 is 9.59 Å². The second kappa shape index (κ2) is 8.58. The van der Waals surface area contributed by atoms with Gasteiger partial charge in [-0.2, -0.15) is 5.10 Å². The van der Waals surface area contributed by atoms with Crippen LogP contribution >= 0.6 is 0 Å². The average molecular weight is 377 g/mol. The third-order valence-electron chi connectivity index (χ3n) is 4.69. The van der Waals surface area contributed by atoms with E-state index in [9.17, 15) is 9.59 Å². The molecule has 7 nitrogen and oxygen atoms in total. The van der Waals surface area contributed by atoms with Crippen LogP contribution in [0.2, 0.25) is 0 Å². The van der Waals surface area contributed by atoms with Gasteiger partial charge in [-0.1, -0.05) is 24.3 Å². The highest BCUT2D eigenvalue weighted by molar-refractivity contribution is 6.04. The standard InChI is InChI=1S/C21H23N5O2/c1-15(17-8-10-18(11-9-17)26-14-22-13-23-26)25(3)12-21(28)24-20-7-5-4-6-19(20)16(2)27/h4-11,13-15H,12H2,1-3H3,(H,24,28)/t15-/m0/s1. The molecule has 1 heterocycles. The summed E-state index contributed by atoms with van der Waals surface area (Å²) in [5, 5.41) is 6.95. The number of Topliss-reactive ketones (excluding diaryl/α,β-unsaturated/α-hetero) is 1. The Morgan fingerprint density at radius 1 is 1.14 bits per heavy atom. The van der Waals surface area contributed by atoms with E-state index in [4.69, 9.17) is 0 Å². The van der Waals surface area contributed by atoms with Crippen molar-refractivity contribution in [3.63, 3.8) is 0 Å². The monoisotopic (exact) mass is 377 g/mol. The first-order chi connectivity index (χ1) is 13.5. The van der Waals surface area contributed by atoms with Gasteiger partial charge in [0.2, 0.25) is 5.91 Å². The summed E-state index contributed by atoms with van der Waals surface area (Å²) in [6, 6.07) is 15.0. The van der Waals surface area contributed by atoms with Crippen molar-refractivity contribution >= 4 is 17.4 Å². The van der Waals surface area contributed by atoms with Crippen LogP contribution in [0.4, 0.5) is 5.69 Å². The number of rotatable bonds is 7. The van der Waals surface area contributed by atoms with Gasteiger partial charge in [0.1, 0.15) is 12.7 Å². The number of hydrogen-bond acceptors (Lipinski definition) is 5. The molecule has 3 rings (SSSR count). The summed E-state index contributed by atoms with van der Waals surface area (Å²) in [6.07, 6.45) is 3.14. The maximum absolute atomic E-state index is 12.5. The fourth-order valence-electron chi connectivity index (χ4n) is 2.95. The number of aromatic nitrogens is 3. The molecule has 0 aliphatic heterocycles. The van der Waals surface area contributed by atoms with Crippen LogP contribution in [0, 0.1) is 0 Å². The first-order valence-corrected chi connectivity index (χ1v) is 9.00. The Bertz CT molecular complexity index is 951. The lowest BCUT2D eigenvalue weighted by molar-refractivity contribution is -0.117. The fourth-order valence-corrected chi connectivity index (χ4v) is 2.95. The summed E-state index contributed by atoms with van der Waals surface area (Å²) in [5.74, 6) is -0.243. The van der Waals surface area contributed by atoms with Crippen LogP contribution in [-0.4, -0.2) is 44.9 Å². The number of anilines is 1. The number of nitrogens with zero attached hydrogens (tertiary/aromatic N) is 4. The van der Waals surface area contributed by atoms with Gasteiger partial charge in [-0.3, -0.25) is 14.5 Å². The van der Waals surface area contributed by atoms with Crippen LogP contribution in [0.25, 0.3) is 5.69 Å². The minimum absolute atomic E-state index is 0.0404. The number of hydrogen-bond donors (Lipinski definition) is 1. The molecule has 28 heavy (non-hydrogen) atoms. The highest BCUT2D eigenvalue weighted by Gasteiger charge is 2.16. The molecular weight excluding hydrogens is 354 g/mol. The van der Waals surface area contributed by atoms with E-state index in [0.29, 0.717) is 11.3 Å². The van der Waals surface area contributed by atoms with Gasteiger partial charge in [0.05, 0.1) is 17.9 Å². The summed E-state index contributed by atoms with van der Waals surface area (Å²) in [4.78, 5) is 30.1. The predicted molar refractivity (Wildman–Crippen MR) is 107 cm³/mol. The zero-order chi connectivity index (χ0) is 20.1. The normalized spacial score (nSPS) is 12.0. The minimum atomic E-state index is -0.165. The van der Waals surface area contributed by atoms with Crippen molar-refractivity contribution in [3.05, 3.63) is 72.3 Å². The Labute approximate surface area is 164 Å². The van der Waals surface area contributed by atoms with Crippen molar-refractivity contribution in [2.45, 2.75) is 19.9 Å². The van der Waals surface area contributed by atoms with Crippen molar-refractivity contribution in [1.82, 2.24) is 19.7 Å². The molecular formula is C21H23N5O2. The highest BCUT2D eigenvalue weighted by Crippen LogP contribution is 2.21. The van der Waals surface area contributed by atoms with Crippen LogP contribution in [0.5, 0.6) is 0 Å². The molecule has 1 amide bonds. The summed E-state index contributed by atoms with van der Waals surface area (Å²) < 4.78 is 1.69. The third-order valence-corrected chi connectivity index (χ3v) is 4.69. The van der Waals surface area contributed by atoms with Crippen molar-refractivity contribution in [1.29, 1.82) is 0 Å². The number of nitrogens with one attached hydrogen (secondary N) is 1. The van der Waals surface area contributed by atoms with Gasteiger partial charge in [0.25, 0.3) is 0 Å². The van der Waals surface area contributed by atoms with Gasteiger partial charge in [-0.25, -0.2) is 9.67 Å². The van der Waals surface area contributed by atoms with Crippen LogP contribution in [0.3, 0.4) is 0 Å². The van der Waals surface area contributed by atoms with Crippen LogP contribution < -0.4 is 5.32 Å². The van der Waals surface area contributed by atoms with Crippen molar-refractivity contribution in [3.8, 4) is 5.69 Å². The van der Waals surface area contributed by atoms with Gasteiger partial charge < -0.3 is 5.32 Å². The molecule has 0 saturated heterocycles. The van der Waals surface area contributed by atoms with Crippen LogP contribution in [0.15, 0.2) is 61.2 Å². The first kappa shape index (κ1) is 19.4. The second-order valence-electron chi connectivity index (χ2n) is 6.67. The largest absolute Gasteiger partial charge is 0.324 e. The third kappa shape index (κ3) is 4.50. The predicted octanol–water partition coefficient (Wildman–Crippen LogP) is 3.10. The lowest BCUT2D eigenvalue weighted by atomic mass is 10.1. The Morgan fingerprint density at radius 3 is 2.50 bits per heavy atom. The van der Waals surface area contributed by atoms with Gasteiger partial charge in [0, 0.05) is 11.6 Å². The van der Waals surface area contributed by atoms with Gasteiger partial charge in [-0.05, 0) is 50.7 Å². The van der Waals surface area contributed by atoms with E-state index < -0.39 is 0 Å². The molecule has 1 N–H and O–H groups in total. The Kier molecular flexibility index (Phi) is 5.96. The van der Waals surface area contributed by atoms with Crippen molar-refractivity contribution in [2.24, 2.45) is 0 Å². The first-order valence-electron chi connectivity index (χ1n) is 9.00. The van der Waals surface area contributed by atoms with E-state index in [-0.39, 0.29) is 24.3 Å². The number of likely N-dealkylation sites (N-methyl/N-ethyl adjacent to an activating group) is 1. The zero-order valence-corrected chi connectivity index (χ0v) is 16.2. The quantitative estimate of drug-likeness (QED) is 0.640. The molecule has 0 unspecified atom stereocenters. The summed E-state index contributed by atoms with van der Waals surface area (Å²) in [5.41, 5.74) is 3.06. The molecule has 0 aliphatic rings. The average Bonchev–Trinajstić information content (AvgIpc) is 3.22. The zero-order valence-electron chi connectivity index (χ0n) is 16.2. The molecule has 0 saturated carbocycles. The lowest BCUT2D eigenvalue weighted by Gasteiger charge is -2.25. The molecule has 0 fully saturated rings.